The molecule has 20 heavy (non-hydrogen) atoms. The van der Waals surface area contributed by atoms with Gasteiger partial charge >= 0.3 is 0 Å². The van der Waals surface area contributed by atoms with Crippen molar-refractivity contribution >= 4 is 21.6 Å². The molecule has 0 saturated carbocycles. The maximum atomic E-state index is 12.5. The third-order valence-corrected chi connectivity index (χ3v) is 5.57. The van der Waals surface area contributed by atoms with Gasteiger partial charge in [0, 0.05) is 6.04 Å². The van der Waals surface area contributed by atoms with Crippen molar-refractivity contribution in [3.05, 3.63) is 28.8 Å². The van der Waals surface area contributed by atoms with Crippen LogP contribution in [0.4, 0.5) is 0 Å². The highest BCUT2D eigenvalue weighted by Crippen LogP contribution is 2.26. The van der Waals surface area contributed by atoms with Gasteiger partial charge in [0.1, 0.15) is 4.90 Å². The van der Waals surface area contributed by atoms with Crippen molar-refractivity contribution in [2.45, 2.75) is 43.5 Å². The Kier molecular flexibility index (Phi) is 5.07. The predicted molar refractivity (Wildman–Crippen MR) is 81.8 cm³/mol. The van der Waals surface area contributed by atoms with Crippen molar-refractivity contribution in [1.82, 2.24) is 10.0 Å². The van der Waals surface area contributed by atoms with E-state index in [1.165, 1.54) is 0 Å². The molecule has 1 fully saturated rings. The number of halogens is 1. The van der Waals surface area contributed by atoms with E-state index in [2.05, 4.69) is 10.0 Å². The topological polar surface area (TPSA) is 58.2 Å². The zero-order valence-corrected chi connectivity index (χ0v) is 13.4. The lowest BCUT2D eigenvalue weighted by molar-refractivity contribution is 0.427. The number of sulfonamides is 1. The van der Waals surface area contributed by atoms with Crippen LogP contribution in [0.1, 0.15) is 38.2 Å². The molecule has 0 spiro atoms. The van der Waals surface area contributed by atoms with Gasteiger partial charge in [0.05, 0.1) is 5.02 Å². The standard InChI is InChI=1S/C14H21ClN2O2S/c1-10(2)11-3-4-13(15)14(9-11)20(18,19)17-12-5-7-16-8-6-12/h3-4,9-10,12,16-17H,5-8H2,1-2H3. The molecule has 6 heteroatoms. The van der Waals surface area contributed by atoms with Crippen molar-refractivity contribution in [3.8, 4) is 0 Å². The summed E-state index contributed by atoms with van der Waals surface area (Å²) in [7, 11) is -3.56. The Morgan fingerprint density at radius 1 is 1.30 bits per heavy atom. The number of rotatable bonds is 4. The minimum absolute atomic E-state index is 0.0139. The van der Waals surface area contributed by atoms with Gasteiger partial charge in [-0.25, -0.2) is 13.1 Å². The van der Waals surface area contributed by atoms with E-state index in [4.69, 9.17) is 11.6 Å². The maximum Gasteiger partial charge on any atom is 0.242 e. The van der Waals surface area contributed by atoms with Crippen LogP contribution >= 0.6 is 11.6 Å². The second-order valence-electron chi connectivity index (χ2n) is 5.49. The molecule has 1 aromatic carbocycles. The van der Waals surface area contributed by atoms with Crippen LogP contribution in [-0.4, -0.2) is 27.5 Å². The van der Waals surface area contributed by atoms with Crippen molar-refractivity contribution in [3.63, 3.8) is 0 Å². The van der Waals surface area contributed by atoms with Crippen LogP contribution < -0.4 is 10.0 Å². The quantitative estimate of drug-likeness (QED) is 0.897. The Hall–Kier alpha value is -0.620. The van der Waals surface area contributed by atoms with Crippen LogP contribution in [0.3, 0.4) is 0 Å². The number of hydrogen-bond donors (Lipinski definition) is 2. The van der Waals surface area contributed by atoms with E-state index in [9.17, 15) is 8.42 Å². The van der Waals surface area contributed by atoms with Gasteiger partial charge in [-0.15, -0.1) is 0 Å². The van der Waals surface area contributed by atoms with E-state index in [-0.39, 0.29) is 21.9 Å². The monoisotopic (exact) mass is 316 g/mol. The molecule has 0 aromatic heterocycles. The maximum absolute atomic E-state index is 12.5. The van der Waals surface area contributed by atoms with Gasteiger partial charge in [0.2, 0.25) is 10.0 Å². The van der Waals surface area contributed by atoms with Gasteiger partial charge in [0.25, 0.3) is 0 Å². The van der Waals surface area contributed by atoms with E-state index in [0.717, 1.165) is 31.5 Å². The molecule has 1 aliphatic rings. The van der Waals surface area contributed by atoms with E-state index in [1.807, 2.05) is 19.9 Å². The summed E-state index contributed by atoms with van der Waals surface area (Å²) < 4.78 is 27.7. The number of benzene rings is 1. The molecule has 0 unspecified atom stereocenters. The zero-order valence-electron chi connectivity index (χ0n) is 11.8. The molecular formula is C14H21ClN2O2S. The summed E-state index contributed by atoms with van der Waals surface area (Å²) in [6.07, 6.45) is 1.61. The van der Waals surface area contributed by atoms with Crippen molar-refractivity contribution in [1.29, 1.82) is 0 Å². The van der Waals surface area contributed by atoms with Crippen LogP contribution in [0.25, 0.3) is 0 Å². The average Bonchev–Trinajstić information content (AvgIpc) is 2.39. The lowest BCUT2D eigenvalue weighted by Crippen LogP contribution is -2.42. The summed E-state index contributed by atoms with van der Waals surface area (Å²) in [5.74, 6) is 0.264. The molecule has 2 N–H and O–H groups in total. The van der Waals surface area contributed by atoms with Crippen molar-refractivity contribution in [2.75, 3.05) is 13.1 Å². The Balaban J connectivity index is 2.26. The van der Waals surface area contributed by atoms with Crippen molar-refractivity contribution < 1.29 is 8.42 Å². The second-order valence-corrected chi connectivity index (χ2v) is 7.58. The van der Waals surface area contributed by atoms with E-state index < -0.39 is 10.0 Å². The first-order chi connectivity index (χ1) is 9.40. The summed E-state index contributed by atoms with van der Waals surface area (Å²) in [6, 6.07) is 5.20. The number of piperidine rings is 1. The molecule has 0 radical (unpaired) electrons. The smallest absolute Gasteiger partial charge is 0.242 e. The van der Waals surface area contributed by atoms with Gasteiger partial charge in [0.15, 0.2) is 0 Å². The van der Waals surface area contributed by atoms with Gasteiger partial charge in [-0.1, -0.05) is 31.5 Å². The summed E-state index contributed by atoms with van der Waals surface area (Å²) in [4.78, 5) is 0.184. The molecule has 0 aliphatic carbocycles. The first-order valence-corrected chi connectivity index (χ1v) is 8.79. The molecule has 112 valence electrons. The minimum atomic E-state index is -3.56. The summed E-state index contributed by atoms with van der Waals surface area (Å²) in [5, 5.41) is 3.49. The highest BCUT2D eigenvalue weighted by Gasteiger charge is 2.24. The van der Waals surface area contributed by atoms with E-state index in [1.54, 1.807) is 12.1 Å². The fourth-order valence-corrected chi connectivity index (χ4v) is 4.15. The highest BCUT2D eigenvalue weighted by molar-refractivity contribution is 7.89. The molecule has 1 heterocycles. The molecule has 0 amide bonds. The molecule has 4 nitrogen and oxygen atoms in total. The lowest BCUT2D eigenvalue weighted by Gasteiger charge is -2.24. The predicted octanol–water partition coefficient (Wildman–Crippen LogP) is 2.49. The Labute approximate surface area is 126 Å². The highest BCUT2D eigenvalue weighted by atomic mass is 35.5. The molecule has 0 bridgehead atoms. The van der Waals surface area contributed by atoms with Crippen molar-refractivity contribution in [2.24, 2.45) is 0 Å². The van der Waals surface area contributed by atoms with Crippen LogP contribution in [0.5, 0.6) is 0 Å². The van der Waals surface area contributed by atoms with Gasteiger partial charge in [-0.05, 0) is 49.5 Å². The van der Waals surface area contributed by atoms with Crippen LogP contribution in [0.2, 0.25) is 5.02 Å². The van der Waals surface area contributed by atoms with Crippen LogP contribution in [0.15, 0.2) is 23.1 Å². The van der Waals surface area contributed by atoms with E-state index >= 15 is 0 Å². The SMILES string of the molecule is CC(C)c1ccc(Cl)c(S(=O)(=O)NC2CCNCC2)c1. The normalized spacial score (nSPS) is 17.6. The third-order valence-electron chi connectivity index (χ3n) is 3.57. The summed E-state index contributed by atoms with van der Waals surface area (Å²) in [5.41, 5.74) is 0.972. The lowest BCUT2D eigenvalue weighted by atomic mass is 10.0. The van der Waals surface area contributed by atoms with E-state index in [0.29, 0.717) is 0 Å². The second kappa shape index (κ2) is 6.43. The fraction of sp³-hybridized carbons (Fsp3) is 0.571. The largest absolute Gasteiger partial charge is 0.317 e. The number of hydrogen-bond acceptors (Lipinski definition) is 3. The zero-order chi connectivity index (χ0) is 14.8. The molecule has 1 saturated heterocycles. The average molecular weight is 317 g/mol. The molecule has 1 aromatic rings. The van der Waals surface area contributed by atoms with Crippen LogP contribution in [-0.2, 0) is 10.0 Å². The minimum Gasteiger partial charge on any atom is -0.317 e. The Bertz CT molecular complexity index is 567. The molecule has 1 aliphatic heterocycles. The molecule has 0 atom stereocenters. The Morgan fingerprint density at radius 2 is 1.95 bits per heavy atom. The van der Waals surface area contributed by atoms with Gasteiger partial charge in [-0.3, -0.25) is 0 Å². The van der Waals surface area contributed by atoms with Crippen LogP contribution in [0, 0.1) is 0 Å². The first kappa shape index (κ1) is 15.8. The number of nitrogens with one attached hydrogen (secondary N) is 2. The Morgan fingerprint density at radius 3 is 2.55 bits per heavy atom. The molecular weight excluding hydrogens is 296 g/mol. The van der Waals surface area contributed by atoms with Gasteiger partial charge in [-0.2, -0.15) is 0 Å². The third kappa shape index (κ3) is 3.73. The fourth-order valence-electron chi connectivity index (χ4n) is 2.31. The summed E-state index contributed by atoms with van der Waals surface area (Å²) in [6.45, 7) is 5.74. The summed E-state index contributed by atoms with van der Waals surface area (Å²) >= 11 is 6.07. The molecule has 2 rings (SSSR count). The van der Waals surface area contributed by atoms with Gasteiger partial charge < -0.3 is 5.32 Å². The first-order valence-electron chi connectivity index (χ1n) is 6.92.